The Kier molecular flexibility index (Phi) is 5.29. The van der Waals surface area contributed by atoms with Crippen molar-refractivity contribution in [3.05, 3.63) is 83.6 Å². The van der Waals surface area contributed by atoms with E-state index in [1.165, 1.54) is 6.08 Å². The molecule has 0 bridgehead atoms. The van der Waals surface area contributed by atoms with Crippen molar-refractivity contribution in [2.75, 3.05) is 0 Å². The van der Waals surface area contributed by atoms with Gasteiger partial charge in [-0.15, -0.1) is 0 Å². The minimum absolute atomic E-state index is 0.132. The fourth-order valence-corrected chi connectivity index (χ4v) is 2.14. The van der Waals surface area contributed by atoms with Gasteiger partial charge in [0.2, 0.25) is 0 Å². The van der Waals surface area contributed by atoms with E-state index in [0.29, 0.717) is 18.5 Å². The maximum atomic E-state index is 12.1. The topological polar surface area (TPSA) is 69.1 Å². The zero-order chi connectivity index (χ0) is 15.1. The van der Waals surface area contributed by atoms with Crippen molar-refractivity contribution >= 4 is 5.78 Å². The van der Waals surface area contributed by atoms with E-state index in [1.54, 1.807) is 0 Å². The molecule has 21 heavy (non-hydrogen) atoms. The van der Waals surface area contributed by atoms with Crippen LogP contribution in [0.15, 0.2) is 72.4 Å². The highest BCUT2D eigenvalue weighted by Gasteiger charge is 2.12. The lowest BCUT2D eigenvalue weighted by Crippen LogP contribution is -2.32. The van der Waals surface area contributed by atoms with Gasteiger partial charge in [0.25, 0.3) is 0 Å². The summed E-state index contributed by atoms with van der Waals surface area (Å²) in [6, 6.07) is 19.0. The highest BCUT2D eigenvalue weighted by molar-refractivity contribution is 5.94. The van der Waals surface area contributed by atoms with Crippen molar-refractivity contribution in [3.63, 3.8) is 0 Å². The van der Waals surface area contributed by atoms with Crippen molar-refractivity contribution in [2.45, 2.75) is 18.9 Å². The molecule has 3 nitrogen and oxygen atoms in total. The molecule has 0 saturated carbocycles. The SMILES string of the molecule is NC(=CC(=O)[C@@H](N)Cc1ccccc1)Cc1ccccc1. The second-order valence-electron chi connectivity index (χ2n) is 5.08. The molecule has 0 spiro atoms. The van der Waals surface area contributed by atoms with E-state index in [2.05, 4.69) is 0 Å². The summed E-state index contributed by atoms with van der Waals surface area (Å²) in [5, 5.41) is 0. The molecule has 0 aliphatic heterocycles. The van der Waals surface area contributed by atoms with Crippen molar-refractivity contribution in [1.29, 1.82) is 0 Å². The summed E-state index contributed by atoms with van der Waals surface area (Å²) in [7, 11) is 0. The molecule has 4 N–H and O–H groups in total. The van der Waals surface area contributed by atoms with Gasteiger partial charge in [-0.05, 0) is 17.5 Å². The molecule has 0 aliphatic rings. The third-order valence-electron chi connectivity index (χ3n) is 3.24. The Morgan fingerprint density at radius 3 is 2.05 bits per heavy atom. The molecule has 0 amide bonds. The maximum absolute atomic E-state index is 12.1. The lowest BCUT2D eigenvalue weighted by Gasteiger charge is -2.09. The number of nitrogens with two attached hydrogens (primary N) is 2. The summed E-state index contributed by atoms with van der Waals surface area (Å²) in [5.41, 5.74) is 14.5. The van der Waals surface area contributed by atoms with Gasteiger partial charge in [0.15, 0.2) is 5.78 Å². The number of rotatable bonds is 6. The third-order valence-corrected chi connectivity index (χ3v) is 3.24. The fourth-order valence-electron chi connectivity index (χ4n) is 2.14. The predicted molar refractivity (Wildman–Crippen MR) is 85.5 cm³/mol. The molecular weight excluding hydrogens is 260 g/mol. The lowest BCUT2D eigenvalue weighted by atomic mass is 10.0. The van der Waals surface area contributed by atoms with Crippen LogP contribution in [0.4, 0.5) is 0 Å². The van der Waals surface area contributed by atoms with Crippen LogP contribution in [0.25, 0.3) is 0 Å². The minimum Gasteiger partial charge on any atom is -0.402 e. The Labute approximate surface area is 125 Å². The highest BCUT2D eigenvalue weighted by atomic mass is 16.1. The average molecular weight is 280 g/mol. The van der Waals surface area contributed by atoms with Gasteiger partial charge in [0.1, 0.15) is 0 Å². The van der Waals surface area contributed by atoms with E-state index in [0.717, 1.165) is 11.1 Å². The second-order valence-corrected chi connectivity index (χ2v) is 5.08. The molecule has 0 saturated heterocycles. The Balaban J connectivity index is 1.94. The van der Waals surface area contributed by atoms with E-state index >= 15 is 0 Å². The lowest BCUT2D eigenvalue weighted by molar-refractivity contribution is -0.115. The molecule has 2 aromatic rings. The van der Waals surface area contributed by atoms with Gasteiger partial charge in [0, 0.05) is 18.2 Å². The van der Waals surface area contributed by atoms with Crippen LogP contribution in [0.3, 0.4) is 0 Å². The molecule has 0 fully saturated rings. The molecular formula is C18H20N2O. The Morgan fingerprint density at radius 2 is 1.48 bits per heavy atom. The molecule has 2 aromatic carbocycles. The average Bonchev–Trinajstić information content (AvgIpc) is 2.49. The summed E-state index contributed by atoms with van der Waals surface area (Å²) < 4.78 is 0. The second kappa shape index (κ2) is 7.41. The summed E-state index contributed by atoms with van der Waals surface area (Å²) >= 11 is 0. The number of ketones is 1. The highest BCUT2D eigenvalue weighted by Crippen LogP contribution is 2.06. The molecule has 0 unspecified atom stereocenters. The summed E-state index contributed by atoms with van der Waals surface area (Å²) in [6.45, 7) is 0. The summed E-state index contributed by atoms with van der Waals surface area (Å²) in [4.78, 5) is 12.1. The zero-order valence-corrected chi connectivity index (χ0v) is 11.9. The number of hydrogen-bond acceptors (Lipinski definition) is 3. The first-order valence-electron chi connectivity index (χ1n) is 6.98. The molecule has 0 aliphatic carbocycles. The van der Waals surface area contributed by atoms with Gasteiger partial charge < -0.3 is 11.5 Å². The van der Waals surface area contributed by atoms with E-state index in [1.807, 2.05) is 60.7 Å². The Hall–Kier alpha value is -2.39. The third kappa shape index (κ3) is 4.89. The Morgan fingerprint density at radius 1 is 0.952 bits per heavy atom. The summed E-state index contributed by atoms with van der Waals surface area (Å²) in [6.07, 6.45) is 2.54. The summed E-state index contributed by atoms with van der Waals surface area (Å²) in [5.74, 6) is -0.132. The van der Waals surface area contributed by atoms with Crippen LogP contribution in [-0.4, -0.2) is 11.8 Å². The van der Waals surface area contributed by atoms with Gasteiger partial charge in [-0.1, -0.05) is 60.7 Å². The van der Waals surface area contributed by atoms with E-state index in [4.69, 9.17) is 11.5 Å². The standard InChI is InChI=1S/C18H20N2O/c19-16(11-14-7-3-1-4-8-14)13-18(21)17(20)12-15-9-5-2-6-10-15/h1-10,13,17H,11-12,19-20H2/t17-/m0/s1. The zero-order valence-electron chi connectivity index (χ0n) is 11.9. The van der Waals surface area contributed by atoms with Crippen molar-refractivity contribution in [3.8, 4) is 0 Å². The number of allylic oxidation sites excluding steroid dienone is 1. The van der Waals surface area contributed by atoms with Gasteiger partial charge in [-0.25, -0.2) is 0 Å². The molecule has 108 valence electrons. The van der Waals surface area contributed by atoms with E-state index in [-0.39, 0.29) is 5.78 Å². The van der Waals surface area contributed by atoms with Crippen LogP contribution in [0.1, 0.15) is 11.1 Å². The van der Waals surface area contributed by atoms with E-state index < -0.39 is 6.04 Å². The molecule has 2 rings (SSSR count). The normalized spacial score (nSPS) is 12.9. The van der Waals surface area contributed by atoms with Crippen LogP contribution < -0.4 is 11.5 Å². The first-order valence-corrected chi connectivity index (χ1v) is 6.98. The van der Waals surface area contributed by atoms with Crippen LogP contribution in [0, 0.1) is 0 Å². The van der Waals surface area contributed by atoms with Crippen LogP contribution in [0.2, 0.25) is 0 Å². The van der Waals surface area contributed by atoms with Crippen LogP contribution in [-0.2, 0) is 17.6 Å². The molecule has 3 heteroatoms. The van der Waals surface area contributed by atoms with Crippen LogP contribution in [0.5, 0.6) is 0 Å². The van der Waals surface area contributed by atoms with Gasteiger partial charge in [0.05, 0.1) is 6.04 Å². The van der Waals surface area contributed by atoms with Gasteiger partial charge in [-0.2, -0.15) is 0 Å². The van der Waals surface area contributed by atoms with Crippen molar-refractivity contribution in [2.24, 2.45) is 11.5 Å². The number of benzene rings is 2. The molecule has 0 radical (unpaired) electrons. The van der Waals surface area contributed by atoms with Crippen molar-refractivity contribution in [1.82, 2.24) is 0 Å². The smallest absolute Gasteiger partial charge is 0.174 e. The molecule has 0 aromatic heterocycles. The van der Waals surface area contributed by atoms with Gasteiger partial charge in [-0.3, -0.25) is 4.79 Å². The molecule has 0 heterocycles. The quantitative estimate of drug-likeness (QED) is 0.797. The minimum atomic E-state index is -0.554. The van der Waals surface area contributed by atoms with Gasteiger partial charge >= 0.3 is 0 Å². The Bertz CT molecular complexity index is 606. The van der Waals surface area contributed by atoms with Crippen LogP contribution >= 0.6 is 0 Å². The largest absolute Gasteiger partial charge is 0.402 e. The first kappa shape index (κ1) is 15.0. The predicted octanol–water partition coefficient (Wildman–Crippen LogP) is 2.21. The maximum Gasteiger partial charge on any atom is 0.174 e. The van der Waals surface area contributed by atoms with Crippen molar-refractivity contribution < 1.29 is 4.79 Å². The molecule has 1 atom stereocenters. The number of carbonyl (C=O) groups excluding carboxylic acids is 1. The monoisotopic (exact) mass is 280 g/mol. The number of carbonyl (C=O) groups is 1. The number of hydrogen-bond donors (Lipinski definition) is 2. The first-order chi connectivity index (χ1) is 10.1. The fraction of sp³-hybridized carbons (Fsp3) is 0.167. The van der Waals surface area contributed by atoms with E-state index in [9.17, 15) is 4.79 Å².